The topological polar surface area (TPSA) is 55.8 Å². The standard InChI is InChI=1S/C10H16O4/c1-7(2)8(6-9(11)12)10-13-4-3-5-14-10/h3-4,7-8,10H,5-6H2,1-2H3,(H,11,12)/t8-,10?/m1/s1. The van der Waals surface area contributed by atoms with Crippen LogP contribution < -0.4 is 0 Å². The van der Waals surface area contributed by atoms with Crippen molar-refractivity contribution in [1.29, 1.82) is 0 Å². The fraction of sp³-hybridized carbons (Fsp3) is 0.700. The SMILES string of the molecule is CC(C)[C@@H](CC(=O)O)C1OC=CCO1. The molecule has 0 spiro atoms. The number of carboxylic acids is 1. The second kappa shape index (κ2) is 5.00. The molecule has 1 unspecified atom stereocenters. The van der Waals surface area contributed by atoms with Gasteiger partial charge in [-0.25, -0.2) is 0 Å². The highest BCUT2D eigenvalue weighted by Gasteiger charge is 2.29. The number of rotatable bonds is 4. The molecule has 14 heavy (non-hydrogen) atoms. The van der Waals surface area contributed by atoms with E-state index in [2.05, 4.69) is 0 Å². The largest absolute Gasteiger partial charge is 0.481 e. The zero-order valence-electron chi connectivity index (χ0n) is 8.47. The molecule has 0 aromatic rings. The van der Waals surface area contributed by atoms with Gasteiger partial charge in [0.15, 0.2) is 0 Å². The minimum absolute atomic E-state index is 0.0795. The number of aliphatic carboxylic acids is 1. The van der Waals surface area contributed by atoms with Crippen LogP contribution in [0.4, 0.5) is 0 Å². The summed E-state index contributed by atoms with van der Waals surface area (Å²) >= 11 is 0. The minimum Gasteiger partial charge on any atom is -0.481 e. The molecule has 1 rings (SSSR count). The zero-order chi connectivity index (χ0) is 10.6. The van der Waals surface area contributed by atoms with Crippen molar-refractivity contribution in [2.24, 2.45) is 11.8 Å². The molecule has 0 aromatic heterocycles. The van der Waals surface area contributed by atoms with E-state index < -0.39 is 12.3 Å². The van der Waals surface area contributed by atoms with Crippen LogP contribution in [-0.4, -0.2) is 24.0 Å². The smallest absolute Gasteiger partial charge is 0.303 e. The van der Waals surface area contributed by atoms with E-state index in [1.807, 2.05) is 13.8 Å². The highest BCUT2D eigenvalue weighted by atomic mass is 16.7. The first kappa shape index (κ1) is 11.0. The summed E-state index contributed by atoms with van der Waals surface area (Å²) in [7, 11) is 0. The van der Waals surface area contributed by atoms with Gasteiger partial charge in [0.1, 0.15) is 0 Å². The summed E-state index contributed by atoms with van der Waals surface area (Å²) in [4.78, 5) is 10.6. The molecule has 0 saturated heterocycles. The first-order valence-electron chi connectivity index (χ1n) is 4.75. The van der Waals surface area contributed by atoms with E-state index in [9.17, 15) is 4.79 Å². The quantitative estimate of drug-likeness (QED) is 0.749. The number of hydrogen-bond donors (Lipinski definition) is 1. The zero-order valence-corrected chi connectivity index (χ0v) is 8.47. The van der Waals surface area contributed by atoms with Gasteiger partial charge in [-0.05, 0) is 12.0 Å². The van der Waals surface area contributed by atoms with Gasteiger partial charge < -0.3 is 14.6 Å². The van der Waals surface area contributed by atoms with Crippen molar-refractivity contribution in [2.45, 2.75) is 26.6 Å². The molecule has 80 valence electrons. The van der Waals surface area contributed by atoms with Gasteiger partial charge in [0.2, 0.25) is 6.29 Å². The summed E-state index contributed by atoms with van der Waals surface area (Å²) in [6.45, 7) is 4.44. The number of hydrogen-bond acceptors (Lipinski definition) is 3. The second-order valence-electron chi connectivity index (χ2n) is 3.72. The van der Waals surface area contributed by atoms with Crippen molar-refractivity contribution in [3.05, 3.63) is 12.3 Å². The van der Waals surface area contributed by atoms with E-state index in [1.165, 1.54) is 0 Å². The fourth-order valence-electron chi connectivity index (χ4n) is 1.43. The van der Waals surface area contributed by atoms with Gasteiger partial charge in [-0.1, -0.05) is 13.8 Å². The van der Waals surface area contributed by atoms with Gasteiger partial charge >= 0.3 is 5.97 Å². The number of carboxylic acid groups (broad SMARTS) is 1. The van der Waals surface area contributed by atoms with E-state index in [0.29, 0.717) is 6.61 Å². The lowest BCUT2D eigenvalue weighted by atomic mass is 9.92. The third-order valence-corrected chi connectivity index (χ3v) is 2.28. The van der Waals surface area contributed by atoms with Crippen molar-refractivity contribution in [3.8, 4) is 0 Å². The van der Waals surface area contributed by atoms with Gasteiger partial charge in [0.25, 0.3) is 0 Å². The maximum Gasteiger partial charge on any atom is 0.303 e. The van der Waals surface area contributed by atoms with Crippen LogP contribution in [0.3, 0.4) is 0 Å². The highest BCUT2D eigenvalue weighted by molar-refractivity contribution is 5.67. The predicted molar refractivity (Wildman–Crippen MR) is 50.5 cm³/mol. The van der Waals surface area contributed by atoms with Crippen LogP contribution in [0.2, 0.25) is 0 Å². The van der Waals surface area contributed by atoms with E-state index in [-0.39, 0.29) is 18.3 Å². The summed E-state index contributed by atoms with van der Waals surface area (Å²) in [5.74, 6) is -0.689. The molecule has 0 radical (unpaired) electrons. The summed E-state index contributed by atoms with van der Waals surface area (Å²) in [6, 6.07) is 0. The monoisotopic (exact) mass is 200 g/mol. The summed E-state index contributed by atoms with van der Waals surface area (Å²) in [5, 5.41) is 8.73. The van der Waals surface area contributed by atoms with Crippen molar-refractivity contribution in [3.63, 3.8) is 0 Å². The lowest BCUT2D eigenvalue weighted by molar-refractivity contribution is -0.165. The Morgan fingerprint density at radius 3 is 2.79 bits per heavy atom. The molecule has 1 aliphatic rings. The Labute approximate surface area is 83.5 Å². The molecule has 0 saturated carbocycles. The maximum atomic E-state index is 10.6. The molecule has 0 amide bonds. The third-order valence-electron chi connectivity index (χ3n) is 2.28. The van der Waals surface area contributed by atoms with Gasteiger partial charge in [0.05, 0.1) is 19.3 Å². The molecule has 4 nitrogen and oxygen atoms in total. The number of ether oxygens (including phenoxy) is 2. The Balaban J connectivity index is 2.57. The van der Waals surface area contributed by atoms with Crippen LogP contribution in [0, 0.1) is 11.8 Å². The van der Waals surface area contributed by atoms with Crippen molar-refractivity contribution in [2.75, 3.05) is 6.61 Å². The van der Waals surface area contributed by atoms with Crippen molar-refractivity contribution < 1.29 is 19.4 Å². The molecule has 0 aliphatic carbocycles. The van der Waals surface area contributed by atoms with E-state index >= 15 is 0 Å². The average molecular weight is 200 g/mol. The first-order chi connectivity index (χ1) is 6.61. The summed E-state index contributed by atoms with van der Waals surface area (Å²) in [5.41, 5.74) is 0. The van der Waals surface area contributed by atoms with Gasteiger partial charge in [-0.2, -0.15) is 0 Å². The Morgan fingerprint density at radius 2 is 2.36 bits per heavy atom. The average Bonchev–Trinajstić information content (AvgIpc) is 2.15. The summed E-state index contributed by atoms with van der Waals surface area (Å²) < 4.78 is 10.6. The Morgan fingerprint density at radius 1 is 1.64 bits per heavy atom. The van der Waals surface area contributed by atoms with Crippen LogP contribution >= 0.6 is 0 Å². The molecule has 0 aromatic carbocycles. The van der Waals surface area contributed by atoms with Crippen molar-refractivity contribution >= 4 is 5.97 Å². The van der Waals surface area contributed by atoms with Gasteiger partial charge in [0, 0.05) is 5.92 Å². The van der Waals surface area contributed by atoms with Crippen LogP contribution in [-0.2, 0) is 14.3 Å². The van der Waals surface area contributed by atoms with Crippen LogP contribution in [0.25, 0.3) is 0 Å². The molecular formula is C10H16O4. The van der Waals surface area contributed by atoms with Crippen LogP contribution in [0.5, 0.6) is 0 Å². The third kappa shape index (κ3) is 3.03. The molecule has 1 heterocycles. The molecular weight excluding hydrogens is 184 g/mol. The lowest BCUT2D eigenvalue weighted by Crippen LogP contribution is -2.33. The number of carbonyl (C=O) groups is 1. The Kier molecular flexibility index (Phi) is 3.95. The Bertz CT molecular complexity index is 222. The second-order valence-corrected chi connectivity index (χ2v) is 3.72. The molecule has 0 fully saturated rings. The van der Waals surface area contributed by atoms with Gasteiger partial charge in [-0.3, -0.25) is 4.79 Å². The minimum atomic E-state index is -0.814. The van der Waals surface area contributed by atoms with Crippen molar-refractivity contribution in [1.82, 2.24) is 0 Å². The highest BCUT2D eigenvalue weighted by Crippen LogP contribution is 2.24. The molecule has 1 N–H and O–H groups in total. The van der Waals surface area contributed by atoms with Gasteiger partial charge in [-0.15, -0.1) is 0 Å². The maximum absolute atomic E-state index is 10.6. The Hall–Kier alpha value is -1.03. The first-order valence-corrected chi connectivity index (χ1v) is 4.75. The van der Waals surface area contributed by atoms with E-state index in [4.69, 9.17) is 14.6 Å². The molecule has 0 bridgehead atoms. The van der Waals surface area contributed by atoms with E-state index in [1.54, 1.807) is 12.3 Å². The molecule has 1 aliphatic heterocycles. The normalized spacial score (nSPS) is 23.2. The molecule has 2 atom stereocenters. The lowest BCUT2D eigenvalue weighted by Gasteiger charge is -2.29. The fourth-order valence-corrected chi connectivity index (χ4v) is 1.43. The predicted octanol–water partition coefficient (Wildman–Crippen LogP) is 1.62. The molecule has 4 heteroatoms. The van der Waals surface area contributed by atoms with E-state index in [0.717, 1.165) is 0 Å². The van der Waals surface area contributed by atoms with Crippen LogP contribution in [0.1, 0.15) is 20.3 Å². The van der Waals surface area contributed by atoms with Crippen LogP contribution in [0.15, 0.2) is 12.3 Å². The summed E-state index contributed by atoms with van der Waals surface area (Å²) in [6.07, 6.45) is 2.99.